The Balaban J connectivity index is 1.74. The van der Waals surface area contributed by atoms with E-state index in [0.717, 1.165) is 0 Å². The average Bonchev–Trinajstić information content (AvgIpc) is 2.87. The van der Waals surface area contributed by atoms with Crippen molar-refractivity contribution in [2.45, 2.75) is 0 Å². The lowest BCUT2D eigenvalue weighted by molar-refractivity contribution is -0.120. The van der Waals surface area contributed by atoms with Gasteiger partial charge in [-0.1, -0.05) is 35.3 Å². The van der Waals surface area contributed by atoms with Crippen molar-refractivity contribution in [1.29, 1.82) is 0 Å². The summed E-state index contributed by atoms with van der Waals surface area (Å²) >= 11 is 11.9. The van der Waals surface area contributed by atoms with Gasteiger partial charge in [0.25, 0.3) is 0 Å². The van der Waals surface area contributed by atoms with Crippen molar-refractivity contribution in [3.05, 3.63) is 52.5 Å². The van der Waals surface area contributed by atoms with E-state index in [1.54, 1.807) is 42.5 Å². The molecule has 0 saturated carbocycles. The van der Waals surface area contributed by atoms with Crippen LogP contribution in [0.2, 0.25) is 10.0 Å². The van der Waals surface area contributed by atoms with Crippen LogP contribution in [0.15, 0.2) is 52.7 Å². The maximum atomic E-state index is 11.8. The second-order valence-corrected chi connectivity index (χ2v) is 5.67. The Bertz CT molecular complexity index is 937. The van der Waals surface area contributed by atoms with Gasteiger partial charge >= 0.3 is 5.91 Å². The summed E-state index contributed by atoms with van der Waals surface area (Å²) in [6.45, 7) is -0.322. The Labute approximate surface area is 146 Å². The van der Waals surface area contributed by atoms with Crippen LogP contribution in [0.5, 0.6) is 11.6 Å². The molecule has 6 nitrogen and oxygen atoms in total. The van der Waals surface area contributed by atoms with Gasteiger partial charge in [-0.15, -0.1) is 10.2 Å². The minimum Gasteiger partial charge on any atom is -0.493 e. The number of aromatic hydroxyl groups is 1. The van der Waals surface area contributed by atoms with Crippen LogP contribution in [-0.2, 0) is 4.79 Å². The third-order valence-electron chi connectivity index (χ3n) is 3.16. The first-order valence-corrected chi connectivity index (χ1v) is 7.62. The molecule has 0 fully saturated rings. The molecule has 0 bridgehead atoms. The molecule has 0 aliphatic heterocycles. The number of carbonyl (C=O) groups is 1. The number of amides is 1. The Morgan fingerprint density at radius 3 is 2.79 bits per heavy atom. The highest BCUT2D eigenvalue weighted by molar-refractivity contribution is 6.32. The second kappa shape index (κ2) is 6.90. The molecule has 0 unspecified atom stereocenters. The van der Waals surface area contributed by atoms with Gasteiger partial charge in [0.15, 0.2) is 12.3 Å². The summed E-state index contributed by atoms with van der Waals surface area (Å²) in [6.07, 6.45) is 0. The average molecular weight is 364 g/mol. The number of carbonyl (C=O) groups excluding carboxylic acids is 1. The van der Waals surface area contributed by atoms with Crippen molar-refractivity contribution in [3.63, 3.8) is 0 Å². The first kappa shape index (κ1) is 16.3. The quantitative estimate of drug-likeness (QED) is 0.648. The van der Waals surface area contributed by atoms with E-state index in [1.807, 2.05) is 0 Å². The summed E-state index contributed by atoms with van der Waals surface area (Å²) in [5.74, 6) is -0.439. The number of azo groups is 1. The smallest absolute Gasteiger partial charge is 0.302 e. The van der Waals surface area contributed by atoms with Gasteiger partial charge in [-0.25, -0.2) is 0 Å². The number of rotatable bonds is 4. The van der Waals surface area contributed by atoms with Crippen molar-refractivity contribution in [1.82, 2.24) is 4.98 Å². The molecule has 0 atom stereocenters. The van der Waals surface area contributed by atoms with Crippen LogP contribution in [0, 0.1) is 0 Å². The minimum absolute atomic E-state index is 0.138. The van der Waals surface area contributed by atoms with Crippen molar-refractivity contribution in [2.24, 2.45) is 10.2 Å². The molecule has 0 spiro atoms. The lowest BCUT2D eigenvalue weighted by atomic mass is 10.2. The van der Waals surface area contributed by atoms with Crippen LogP contribution in [-0.4, -0.2) is 22.6 Å². The highest BCUT2D eigenvalue weighted by atomic mass is 35.5. The molecular formula is C16H11Cl2N3O3. The number of H-pyrrole nitrogens is 1. The molecule has 122 valence electrons. The van der Waals surface area contributed by atoms with E-state index in [0.29, 0.717) is 26.7 Å². The van der Waals surface area contributed by atoms with E-state index >= 15 is 0 Å². The number of benzene rings is 2. The second-order valence-electron chi connectivity index (χ2n) is 4.82. The van der Waals surface area contributed by atoms with E-state index in [2.05, 4.69) is 15.2 Å². The van der Waals surface area contributed by atoms with Crippen molar-refractivity contribution in [2.75, 3.05) is 6.61 Å². The zero-order valence-electron chi connectivity index (χ0n) is 12.2. The minimum atomic E-state index is -0.620. The van der Waals surface area contributed by atoms with E-state index in [-0.39, 0.29) is 18.2 Å². The van der Waals surface area contributed by atoms with Crippen LogP contribution in [0.4, 0.5) is 5.69 Å². The Hall–Kier alpha value is -2.57. The van der Waals surface area contributed by atoms with E-state index in [9.17, 15) is 9.90 Å². The van der Waals surface area contributed by atoms with Crippen LogP contribution < -0.4 is 4.74 Å². The number of halogens is 2. The fourth-order valence-electron chi connectivity index (χ4n) is 2.07. The van der Waals surface area contributed by atoms with Crippen LogP contribution in [0.1, 0.15) is 0 Å². The molecule has 0 aliphatic rings. The van der Waals surface area contributed by atoms with E-state index in [1.165, 1.54) is 0 Å². The third-order valence-corrected chi connectivity index (χ3v) is 3.71. The topological polar surface area (TPSA) is 87.0 Å². The largest absolute Gasteiger partial charge is 0.493 e. The fraction of sp³-hybridized carbons (Fsp3) is 0.0625. The van der Waals surface area contributed by atoms with E-state index in [4.69, 9.17) is 27.9 Å². The number of aromatic amines is 1. The van der Waals surface area contributed by atoms with Gasteiger partial charge in [0.1, 0.15) is 5.75 Å². The van der Waals surface area contributed by atoms with E-state index < -0.39 is 5.91 Å². The molecule has 8 heteroatoms. The molecule has 24 heavy (non-hydrogen) atoms. The van der Waals surface area contributed by atoms with Gasteiger partial charge < -0.3 is 14.8 Å². The Morgan fingerprint density at radius 2 is 2.00 bits per heavy atom. The summed E-state index contributed by atoms with van der Waals surface area (Å²) in [6, 6.07) is 11.8. The highest BCUT2D eigenvalue weighted by Crippen LogP contribution is 2.36. The predicted octanol–water partition coefficient (Wildman–Crippen LogP) is 4.87. The number of hydrogen-bond donors (Lipinski definition) is 2. The van der Waals surface area contributed by atoms with Gasteiger partial charge in [0.05, 0.1) is 10.5 Å². The highest BCUT2D eigenvalue weighted by Gasteiger charge is 2.12. The summed E-state index contributed by atoms with van der Waals surface area (Å²) < 4.78 is 5.28. The normalized spacial score (nSPS) is 11.2. The number of para-hydroxylation sites is 1. The number of ether oxygens (including phenoxy) is 1. The molecule has 3 aromatic rings. The van der Waals surface area contributed by atoms with Crippen molar-refractivity contribution in [3.8, 4) is 11.6 Å². The molecule has 1 amide bonds. The van der Waals surface area contributed by atoms with Gasteiger partial charge in [-0.05, 0) is 30.3 Å². The fourth-order valence-corrected chi connectivity index (χ4v) is 2.44. The lowest BCUT2D eigenvalue weighted by Crippen LogP contribution is -2.08. The first-order valence-electron chi connectivity index (χ1n) is 6.86. The number of fused-ring (bicyclic) bond motifs is 1. The number of hydrogen-bond acceptors (Lipinski definition) is 4. The predicted molar refractivity (Wildman–Crippen MR) is 91.4 cm³/mol. The molecule has 2 aromatic carbocycles. The van der Waals surface area contributed by atoms with Gasteiger partial charge in [0, 0.05) is 10.4 Å². The molecule has 0 aliphatic carbocycles. The third kappa shape index (κ3) is 3.50. The van der Waals surface area contributed by atoms with Crippen LogP contribution in [0.3, 0.4) is 0 Å². The standard InChI is InChI=1S/C16H11Cl2N3O3/c17-9-5-6-12-10(7-9)15(16(23)19-12)21-20-14(22)8-24-13-4-2-1-3-11(13)18/h1-7,19,23H,8H2. The molecule has 1 aromatic heterocycles. The molecule has 3 rings (SSSR count). The maximum Gasteiger partial charge on any atom is 0.302 e. The molecule has 0 radical (unpaired) electrons. The lowest BCUT2D eigenvalue weighted by Gasteiger charge is -2.04. The summed E-state index contributed by atoms with van der Waals surface area (Å²) in [5, 5.41) is 18.6. The Morgan fingerprint density at radius 1 is 1.21 bits per heavy atom. The number of nitrogens with one attached hydrogen (secondary N) is 1. The molecular weight excluding hydrogens is 353 g/mol. The van der Waals surface area contributed by atoms with Gasteiger partial charge in [-0.2, -0.15) is 0 Å². The van der Waals surface area contributed by atoms with Crippen molar-refractivity contribution >= 4 is 45.7 Å². The summed E-state index contributed by atoms with van der Waals surface area (Å²) in [4.78, 5) is 14.5. The molecule has 2 N–H and O–H groups in total. The zero-order valence-corrected chi connectivity index (χ0v) is 13.7. The van der Waals surface area contributed by atoms with Crippen LogP contribution in [0.25, 0.3) is 10.9 Å². The molecule has 0 saturated heterocycles. The summed E-state index contributed by atoms with van der Waals surface area (Å²) in [7, 11) is 0. The maximum absolute atomic E-state index is 11.8. The number of aromatic nitrogens is 1. The molecule has 1 heterocycles. The number of nitrogens with zero attached hydrogens (tertiary/aromatic N) is 2. The monoisotopic (exact) mass is 363 g/mol. The summed E-state index contributed by atoms with van der Waals surface area (Å²) in [5.41, 5.74) is 0.768. The van der Waals surface area contributed by atoms with Crippen molar-refractivity contribution < 1.29 is 14.6 Å². The first-order chi connectivity index (χ1) is 11.5. The van der Waals surface area contributed by atoms with Gasteiger partial charge in [-0.3, -0.25) is 4.79 Å². The SMILES string of the molecule is O=C(COc1ccccc1Cl)N=Nc1c(O)[nH]c2ccc(Cl)cc12. The van der Waals surface area contributed by atoms with Gasteiger partial charge in [0.2, 0.25) is 5.88 Å². The Kier molecular flexibility index (Phi) is 4.69. The van der Waals surface area contributed by atoms with Crippen LogP contribution >= 0.6 is 23.2 Å². The zero-order chi connectivity index (χ0) is 17.1.